The molecule has 2 rings (SSSR count). The van der Waals surface area contributed by atoms with Crippen LogP contribution < -0.4 is 15.4 Å². The minimum absolute atomic E-state index is 0.0699. The first-order valence-corrected chi connectivity index (χ1v) is 7.74. The summed E-state index contributed by atoms with van der Waals surface area (Å²) in [4.78, 5) is 22.2. The number of carbonyl (C=O) groups is 1. The highest BCUT2D eigenvalue weighted by atomic mass is 19.4. The lowest BCUT2D eigenvalue weighted by molar-refractivity contribution is -0.384. The van der Waals surface area contributed by atoms with Crippen LogP contribution in [0, 0.1) is 10.1 Å². The van der Waals surface area contributed by atoms with Gasteiger partial charge >= 0.3 is 6.18 Å². The van der Waals surface area contributed by atoms with E-state index in [4.69, 9.17) is 4.74 Å². The van der Waals surface area contributed by atoms with Crippen molar-refractivity contribution in [3.05, 3.63) is 63.7 Å². The quantitative estimate of drug-likeness (QED) is 0.434. The molecule has 0 atom stereocenters. The van der Waals surface area contributed by atoms with Crippen LogP contribution in [0.1, 0.15) is 15.9 Å². The van der Waals surface area contributed by atoms with Crippen LogP contribution in [0.4, 0.5) is 24.5 Å². The van der Waals surface area contributed by atoms with E-state index in [9.17, 15) is 28.1 Å². The van der Waals surface area contributed by atoms with E-state index in [1.165, 1.54) is 7.11 Å². The van der Waals surface area contributed by atoms with E-state index in [1.54, 1.807) is 24.3 Å². The molecule has 2 aromatic rings. The Morgan fingerprint density at radius 3 is 2.52 bits per heavy atom. The number of halogens is 3. The molecule has 0 spiro atoms. The molecule has 0 fully saturated rings. The zero-order chi connectivity index (χ0) is 20.0. The van der Waals surface area contributed by atoms with Gasteiger partial charge < -0.3 is 15.4 Å². The second-order valence-electron chi connectivity index (χ2n) is 5.37. The Bertz CT molecular complexity index is 840. The van der Waals surface area contributed by atoms with E-state index < -0.39 is 28.3 Å². The standard InChI is InChI=1S/C17H16F3N3O4/c1-27-15-5-3-2-4-12(15)16(24)22-9-8-21-13-7-6-11(17(18,19)20)10-14(13)23(25)26/h2-7,10,21H,8-9H2,1H3,(H,22,24). The number of benzene rings is 2. The zero-order valence-corrected chi connectivity index (χ0v) is 14.2. The van der Waals surface area contributed by atoms with E-state index in [-0.39, 0.29) is 18.8 Å². The molecule has 2 aromatic carbocycles. The van der Waals surface area contributed by atoms with E-state index in [1.807, 2.05) is 0 Å². The van der Waals surface area contributed by atoms with Crippen LogP contribution in [0.25, 0.3) is 0 Å². The van der Waals surface area contributed by atoms with E-state index >= 15 is 0 Å². The molecule has 0 saturated carbocycles. The third kappa shape index (κ3) is 5.09. The average Bonchev–Trinajstić information content (AvgIpc) is 2.64. The predicted molar refractivity (Wildman–Crippen MR) is 91.9 cm³/mol. The van der Waals surface area contributed by atoms with E-state index in [0.29, 0.717) is 17.4 Å². The number of para-hydroxylation sites is 1. The highest BCUT2D eigenvalue weighted by Gasteiger charge is 2.33. The predicted octanol–water partition coefficient (Wildman–Crippen LogP) is 3.46. The molecule has 1 amide bonds. The maximum atomic E-state index is 12.7. The molecule has 0 saturated heterocycles. The van der Waals surface area contributed by atoms with Gasteiger partial charge in [-0.25, -0.2) is 0 Å². The lowest BCUT2D eigenvalue weighted by Gasteiger charge is -2.12. The molecule has 0 radical (unpaired) electrons. The highest BCUT2D eigenvalue weighted by molar-refractivity contribution is 5.96. The number of nitrogens with one attached hydrogen (secondary N) is 2. The Balaban J connectivity index is 1.99. The molecule has 0 unspecified atom stereocenters. The number of nitrogens with zero attached hydrogens (tertiary/aromatic N) is 1. The van der Waals surface area contributed by atoms with Gasteiger partial charge in [-0.2, -0.15) is 13.2 Å². The molecule has 0 aromatic heterocycles. The van der Waals surface area contributed by atoms with E-state index in [0.717, 1.165) is 12.1 Å². The second-order valence-corrected chi connectivity index (χ2v) is 5.37. The summed E-state index contributed by atoms with van der Waals surface area (Å²) in [5, 5.41) is 16.3. The molecule has 0 heterocycles. The topological polar surface area (TPSA) is 93.5 Å². The van der Waals surface area contributed by atoms with Gasteiger partial charge in [-0.05, 0) is 24.3 Å². The first-order valence-electron chi connectivity index (χ1n) is 7.74. The molecule has 7 nitrogen and oxygen atoms in total. The SMILES string of the molecule is COc1ccccc1C(=O)NCCNc1ccc(C(F)(F)F)cc1[N+](=O)[O-]. The maximum Gasteiger partial charge on any atom is 0.416 e. The monoisotopic (exact) mass is 383 g/mol. The third-order valence-corrected chi connectivity index (χ3v) is 3.60. The number of hydrogen-bond acceptors (Lipinski definition) is 5. The Morgan fingerprint density at radius 2 is 1.89 bits per heavy atom. The smallest absolute Gasteiger partial charge is 0.416 e. The number of methoxy groups -OCH3 is 1. The fraction of sp³-hybridized carbons (Fsp3) is 0.235. The molecule has 0 aliphatic heterocycles. The number of nitro benzene ring substituents is 1. The molecule has 0 aliphatic rings. The number of anilines is 1. The molecule has 0 bridgehead atoms. The molecule has 0 aliphatic carbocycles. The van der Waals surface area contributed by atoms with Crippen molar-refractivity contribution in [2.24, 2.45) is 0 Å². The highest BCUT2D eigenvalue weighted by Crippen LogP contribution is 2.34. The van der Waals surface area contributed by atoms with Crippen LogP contribution >= 0.6 is 0 Å². The molecular weight excluding hydrogens is 367 g/mol. The van der Waals surface area contributed by atoms with Crippen LogP contribution in [-0.2, 0) is 6.18 Å². The lowest BCUT2D eigenvalue weighted by Crippen LogP contribution is -2.29. The Kier molecular flexibility index (Phi) is 6.22. The fourth-order valence-electron chi connectivity index (χ4n) is 2.31. The van der Waals surface area contributed by atoms with Gasteiger partial charge in [0.15, 0.2) is 0 Å². The van der Waals surface area contributed by atoms with Gasteiger partial charge in [-0.3, -0.25) is 14.9 Å². The summed E-state index contributed by atoms with van der Waals surface area (Å²) in [6.07, 6.45) is -4.67. The van der Waals surface area contributed by atoms with Crippen molar-refractivity contribution in [3.63, 3.8) is 0 Å². The number of carbonyl (C=O) groups excluding carboxylic acids is 1. The normalized spacial score (nSPS) is 11.0. The van der Waals surface area contributed by atoms with Gasteiger partial charge in [-0.1, -0.05) is 12.1 Å². The summed E-state index contributed by atoms with van der Waals surface area (Å²) in [7, 11) is 1.43. The second kappa shape index (κ2) is 8.39. The van der Waals surface area contributed by atoms with Crippen LogP contribution in [0.3, 0.4) is 0 Å². The fourth-order valence-corrected chi connectivity index (χ4v) is 2.31. The summed E-state index contributed by atoms with van der Waals surface area (Å²) < 4.78 is 43.1. The van der Waals surface area contributed by atoms with Gasteiger partial charge in [0.1, 0.15) is 11.4 Å². The van der Waals surface area contributed by atoms with Crippen molar-refractivity contribution in [3.8, 4) is 5.75 Å². The van der Waals surface area contributed by atoms with Gasteiger partial charge in [0.25, 0.3) is 11.6 Å². The first kappa shape index (κ1) is 20.0. The van der Waals surface area contributed by atoms with Crippen molar-refractivity contribution < 1.29 is 27.6 Å². The Hall–Kier alpha value is -3.30. The number of rotatable bonds is 7. The number of amides is 1. The number of hydrogen-bond donors (Lipinski definition) is 2. The third-order valence-electron chi connectivity index (χ3n) is 3.60. The number of nitro groups is 1. The van der Waals surface area contributed by atoms with Crippen LogP contribution in [0.2, 0.25) is 0 Å². The summed E-state index contributed by atoms with van der Waals surface area (Å²) >= 11 is 0. The van der Waals surface area contributed by atoms with Crippen LogP contribution in [0.15, 0.2) is 42.5 Å². The minimum Gasteiger partial charge on any atom is -0.496 e. The molecule has 144 valence electrons. The number of ether oxygens (including phenoxy) is 1. The van der Waals surface area contributed by atoms with Gasteiger partial charge in [0.05, 0.1) is 23.2 Å². The van der Waals surface area contributed by atoms with Crippen molar-refractivity contribution in [1.82, 2.24) is 5.32 Å². The summed E-state index contributed by atoms with van der Waals surface area (Å²) in [5.74, 6) is -0.0162. The van der Waals surface area contributed by atoms with Crippen molar-refractivity contribution in [2.45, 2.75) is 6.18 Å². The van der Waals surface area contributed by atoms with Crippen LogP contribution in [0.5, 0.6) is 5.75 Å². The Labute approximate surface area is 152 Å². The molecule has 27 heavy (non-hydrogen) atoms. The largest absolute Gasteiger partial charge is 0.496 e. The van der Waals surface area contributed by atoms with E-state index in [2.05, 4.69) is 10.6 Å². The van der Waals surface area contributed by atoms with Gasteiger partial charge in [-0.15, -0.1) is 0 Å². The molecule has 10 heteroatoms. The van der Waals surface area contributed by atoms with Crippen molar-refractivity contribution in [2.75, 3.05) is 25.5 Å². The minimum atomic E-state index is -4.67. The first-order chi connectivity index (χ1) is 12.7. The summed E-state index contributed by atoms with van der Waals surface area (Å²) in [6, 6.07) is 8.78. The maximum absolute atomic E-state index is 12.7. The average molecular weight is 383 g/mol. The van der Waals surface area contributed by atoms with Gasteiger partial charge in [0.2, 0.25) is 0 Å². The molecule has 2 N–H and O–H groups in total. The van der Waals surface area contributed by atoms with Crippen LogP contribution in [-0.4, -0.2) is 31.0 Å². The number of alkyl halides is 3. The van der Waals surface area contributed by atoms with Crippen molar-refractivity contribution >= 4 is 17.3 Å². The lowest BCUT2D eigenvalue weighted by atomic mass is 10.1. The zero-order valence-electron chi connectivity index (χ0n) is 14.2. The van der Waals surface area contributed by atoms with Crippen molar-refractivity contribution in [1.29, 1.82) is 0 Å². The summed E-state index contributed by atoms with van der Waals surface area (Å²) in [6.45, 7) is 0.169. The summed E-state index contributed by atoms with van der Waals surface area (Å²) in [5.41, 5.74) is -1.55. The van der Waals surface area contributed by atoms with Gasteiger partial charge in [0, 0.05) is 19.2 Å². The molecular formula is C17H16F3N3O4. The Morgan fingerprint density at radius 1 is 1.19 bits per heavy atom.